The van der Waals surface area contributed by atoms with Gasteiger partial charge in [0.05, 0.1) is 36.6 Å². The molecule has 2 saturated heterocycles. The molecular weight excluding hydrogens is 548 g/mol. The highest BCUT2D eigenvalue weighted by Gasteiger charge is 2.30. The lowest BCUT2D eigenvalue weighted by Gasteiger charge is -2.38. The van der Waals surface area contributed by atoms with E-state index in [2.05, 4.69) is 25.1 Å². The van der Waals surface area contributed by atoms with Crippen LogP contribution in [0.5, 0.6) is 5.75 Å². The standard InChI is InChI=1S/C32H38N6O5/c1-42-25-18-24(19-33-20-25)36-13-15-37(16-14-36)28-10-9-23(29(39)5-2-3-11-38-12-4-6-30(38)40)17-26(28)34-31(41)27-21-43-32(35-27)22-7-8-22/h9-10,17-22H,2-8,11-16H2,1H3,(H,34,41). The maximum atomic E-state index is 13.3. The topological polar surface area (TPSA) is 121 Å². The van der Waals surface area contributed by atoms with Crippen LogP contribution in [0, 0.1) is 0 Å². The summed E-state index contributed by atoms with van der Waals surface area (Å²) in [5.74, 6) is 1.48. The molecule has 3 fully saturated rings. The Balaban J connectivity index is 1.15. The first kappa shape index (κ1) is 28.7. The number of piperazine rings is 1. The van der Waals surface area contributed by atoms with Gasteiger partial charge in [-0.1, -0.05) is 0 Å². The molecule has 2 amide bonds. The zero-order valence-corrected chi connectivity index (χ0v) is 24.6. The number of aromatic nitrogens is 2. The molecule has 0 atom stereocenters. The molecule has 1 aliphatic carbocycles. The molecule has 11 nitrogen and oxygen atoms in total. The first-order chi connectivity index (χ1) is 21.0. The Hall–Kier alpha value is -4.41. The van der Waals surface area contributed by atoms with Crippen LogP contribution in [0.15, 0.2) is 47.3 Å². The van der Waals surface area contributed by atoms with Crippen LogP contribution in [0.1, 0.15) is 77.6 Å². The zero-order valence-electron chi connectivity index (χ0n) is 24.6. The Labute approximate surface area is 251 Å². The van der Waals surface area contributed by atoms with E-state index in [4.69, 9.17) is 9.15 Å². The fraction of sp³-hybridized carbons (Fsp3) is 0.469. The number of hydrogen-bond acceptors (Lipinski definition) is 9. The maximum Gasteiger partial charge on any atom is 0.277 e. The minimum absolute atomic E-state index is 0.0163. The Morgan fingerprint density at radius 1 is 1.05 bits per heavy atom. The second-order valence-corrected chi connectivity index (χ2v) is 11.5. The van der Waals surface area contributed by atoms with Gasteiger partial charge < -0.3 is 29.2 Å². The second-order valence-electron chi connectivity index (χ2n) is 11.5. The van der Waals surface area contributed by atoms with Gasteiger partial charge in [0.25, 0.3) is 5.91 Å². The molecule has 1 N–H and O–H groups in total. The molecule has 4 heterocycles. The van der Waals surface area contributed by atoms with E-state index in [9.17, 15) is 14.4 Å². The predicted octanol–water partition coefficient (Wildman–Crippen LogP) is 4.51. The number of anilines is 3. The summed E-state index contributed by atoms with van der Waals surface area (Å²) in [6.07, 6.45) is 10.4. The van der Waals surface area contributed by atoms with Crippen LogP contribution in [0.4, 0.5) is 17.1 Å². The first-order valence-electron chi connectivity index (χ1n) is 15.2. The molecule has 3 aliphatic rings. The molecular formula is C32H38N6O5. The monoisotopic (exact) mass is 586 g/mol. The molecule has 1 aromatic carbocycles. The number of ether oxygens (including phenoxy) is 1. The number of hydrogen-bond donors (Lipinski definition) is 1. The van der Waals surface area contributed by atoms with Gasteiger partial charge in [-0.15, -0.1) is 0 Å². The summed E-state index contributed by atoms with van der Waals surface area (Å²) in [5.41, 5.74) is 3.21. The number of nitrogens with zero attached hydrogens (tertiary/aromatic N) is 5. The molecule has 0 radical (unpaired) electrons. The number of ketones is 1. The Morgan fingerprint density at radius 3 is 2.60 bits per heavy atom. The molecule has 1 saturated carbocycles. The molecule has 0 bridgehead atoms. The van der Waals surface area contributed by atoms with Crippen molar-refractivity contribution >= 4 is 34.7 Å². The van der Waals surface area contributed by atoms with E-state index in [1.807, 2.05) is 29.3 Å². The number of pyridine rings is 1. The molecule has 43 heavy (non-hydrogen) atoms. The van der Waals surface area contributed by atoms with E-state index >= 15 is 0 Å². The average molecular weight is 587 g/mol. The van der Waals surface area contributed by atoms with E-state index in [0.29, 0.717) is 54.6 Å². The van der Waals surface area contributed by atoms with Crippen LogP contribution in [-0.4, -0.2) is 78.8 Å². The lowest BCUT2D eigenvalue weighted by molar-refractivity contribution is -0.127. The lowest BCUT2D eigenvalue weighted by atomic mass is 10.0. The quantitative estimate of drug-likeness (QED) is 0.241. The van der Waals surface area contributed by atoms with Gasteiger partial charge in [-0.2, -0.15) is 0 Å². The summed E-state index contributed by atoms with van der Waals surface area (Å²) in [6, 6.07) is 7.52. The van der Waals surface area contributed by atoms with Crippen LogP contribution in [0.2, 0.25) is 0 Å². The molecule has 2 aromatic heterocycles. The fourth-order valence-corrected chi connectivity index (χ4v) is 5.75. The van der Waals surface area contributed by atoms with Crippen molar-refractivity contribution in [3.05, 3.63) is 60.1 Å². The SMILES string of the molecule is COc1cncc(N2CCN(c3ccc(C(=O)CCCCN4CCCC4=O)cc3NC(=O)c3coc(C4CC4)n3)CC2)c1. The van der Waals surface area contributed by atoms with Gasteiger partial charge in [-0.05, 0) is 50.3 Å². The number of benzene rings is 1. The van der Waals surface area contributed by atoms with E-state index < -0.39 is 0 Å². The largest absolute Gasteiger partial charge is 0.495 e. The molecule has 11 heteroatoms. The van der Waals surface area contributed by atoms with Gasteiger partial charge in [0.1, 0.15) is 12.0 Å². The third-order valence-corrected chi connectivity index (χ3v) is 8.42. The predicted molar refractivity (Wildman–Crippen MR) is 162 cm³/mol. The Morgan fingerprint density at radius 2 is 1.86 bits per heavy atom. The highest BCUT2D eigenvalue weighted by Crippen LogP contribution is 2.39. The molecule has 226 valence electrons. The normalized spacial score (nSPS) is 17.0. The minimum Gasteiger partial charge on any atom is -0.495 e. The van der Waals surface area contributed by atoms with Crippen LogP contribution in [-0.2, 0) is 4.79 Å². The fourth-order valence-electron chi connectivity index (χ4n) is 5.75. The molecule has 0 spiro atoms. The van der Waals surface area contributed by atoms with Crippen molar-refractivity contribution < 1.29 is 23.5 Å². The van der Waals surface area contributed by atoms with Gasteiger partial charge in [-0.3, -0.25) is 19.4 Å². The van der Waals surface area contributed by atoms with Crippen molar-refractivity contribution in [3.63, 3.8) is 0 Å². The summed E-state index contributed by atoms with van der Waals surface area (Å²) in [7, 11) is 1.63. The van der Waals surface area contributed by atoms with Gasteiger partial charge in [0, 0.05) is 69.7 Å². The van der Waals surface area contributed by atoms with Crippen molar-refractivity contribution in [3.8, 4) is 5.75 Å². The number of Topliss-reactive ketones (excluding diaryl/α,β-unsaturated/α-hetero) is 1. The van der Waals surface area contributed by atoms with Crippen LogP contribution in [0.3, 0.4) is 0 Å². The molecule has 2 aliphatic heterocycles. The van der Waals surface area contributed by atoms with E-state index in [0.717, 1.165) is 69.8 Å². The summed E-state index contributed by atoms with van der Waals surface area (Å²) in [5, 5.41) is 3.02. The van der Waals surface area contributed by atoms with Gasteiger partial charge >= 0.3 is 0 Å². The average Bonchev–Trinajstić information content (AvgIpc) is 3.62. The van der Waals surface area contributed by atoms with Crippen molar-refractivity contribution in [1.29, 1.82) is 0 Å². The van der Waals surface area contributed by atoms with E-state index in [1.54, 1.807) is 19.4 Å². The second kappa shape index (κ2) is 12.8. The lowest BCUT2D eigenvalue weighted by Crippen LogP contribution is -2.46. The van der Waals surface area contributed by atoms with Crippen molar-refractivity contribution in [2.24, 2.45) is 0 Å². The Kier molecular flexibility index (Phi) is 8.57. The minimum atomic E-state index is -0.363. The number of carbonyl (C=O) groups is 3. The third-order valence-electron chi connectivity index (χ3n) is 8.42. The van der Waals surface area contributed by atoms with Crippen LogP contribution in [0.25, 0.3) is 0 Å². The number of nitrogens with one attached hydrogen (secondary N) is 1. The number of carbonyl (C=O) groups excluding carboxylic acids is 3. The number of rotatable bonds is 12. The molecule has 3 aromatic rings. The molecule has 0 unspecified atom stereocenters. The number of oxazole rings is 1. The van der Waals surface area contributed by atoms with Gasteiger partial charge in [-0.25, -0.2) is 4.98 Å². The summed E-state index contributed by atoms with van der Waals surface area (Å²) >= 11 is 0. The van der Waals surface area contributed by atoms with Crippen molar-refractivity contribution in [2.45, 2.75) is 50.9 Å². The summed E-state index contributed by atoms with van der Waals surface area (Å²) in [4.78, 5) is 53.4. The van der Waals surface area contributed by atoms with Gasteiger partial charge in [0.2, 0.25) is 5.91 Å². The highest BCUT2D eigenvalue weighted by atomic mass is 16.5. The summed E-state index contributed by atoms with van der Waals surface area (Å²) < 4.78 is 10.9. The summed E-state index contributed by atoms with van der Waals surface area (Å²) in [6.45, 7) is 4.48. The number of amides is 2. The number of unbranched alkanes of at least 4 members (excludes halogenated alkanes) is 1. The van der Waals surface area contributed by atoms with Gasteiger partial charge in [0.15, 0.2) is 17.4 Å². The smallest absolute Gasteiger partial charge is 0.277 e. The molecule has 6 rings (SSSR count). The Bertz CT molecular complexity index is 1480. The highest BCUT2D eigenvalue weighted by molar-refractivity contribution is 6.06. The maximum absolute atomic E-state index is 13.3. The van der Waals surface area contributed by atoms with Crippen LogP contribution >= 0.6 is 0 Å². The first-order valence-corrected chi connectivity index (χ1v) is 15.2. The van der Waals surface area contributed by atoms with Crippen molar-refractivity contribution in [2.75, 3.05) is 61.5 Å². The number of likely N-dealkylation sites (tertiary alicyclic amines) is 1. The van der Waals surface area contributed by atoms with Crippen molar-refractivity contribution in [1.82, 2.24) is 14.9 Å². The third kappa shape index (κ3) is 6.81. The zero-order chi connectivity index (χ0) is 29.8. The van der Waals surface area contributed by atoms with Crippen LogP contribution < -0.4 is 19.9 Å². The number of methoxy groups -OCH3 is 1. The van der Waals surface area contributed by atoms with E-state index in [1.165, 1.54) is 6.26 Å². The van der Waals surface area contributed by atoms with E-state index in [-0.39, 0.29) is 23.3 Å².